The number of amides is 1. The van der Waals surface area contributed by atoms with Gasteiger partial charge in [0.15, 0.2) is 11.5 Å². The highest BCUT2D eigenvalue weighted by Gasteiger charge is 2.06. The molecule has 0 fully saturated rings. The minimum atomic E-state index is -0.235. The molecule has 0 radical (unpaired) electrons. The molecule has 30 heavy (non-hydrogen) atoms. The number of carbonyl (C=O) groups is 1. The average Bonchev–Trinajstić information content (AvgIpc) is 2.78. The van der Waals surface area contributed by atoms with Gasteiger partial charge in [0.2, 0.25) is 0 Å². The first kappa shape index (κ1) is 20.9. The van der Waals surface area contributed by atoms with Crippen LogP contribution < -0.4 is 20.2 Å². The Labute approximate surface area is 176 Å². The maximum atomic E-state index is 12.0. The topological polar surface area (TPSA) is 72.0 Å². The second-order valence-electron chi connectivity index (χ2n) is 6.70. The van der Waals surface area contributed by atoms with Gasteiger partial charge in [-0.05, 0) is 48.4 Å². The number of benzene rings is 3. The normalized spacial score (nSPS) is 10.6. The molecule has 3 rings (SSSR count). The Morgan fingerprint density at radius 2 is 1.77 bits per heavy atom. The van der Waals surface area contributed by atoms with Gasteiger partial charge in [-0.2, -0.15) is 5.10 Å². The van der Waals surface area contributed by atoms with E-state index in [2.05, 4.69) is 15.8 Å². The lowest BCUT2D eigenvalue weighted by atomic mass is 10.2. The van der Waals surface area contributed by atoms with Crippen molar-refractivity contribution in [1.29, 1.82) is 0 Å². The van der Waals surface area contributed by atoms with Crippen molar-refractivity contribution in [3.05, 3.63) is 89.5 Å². The fourth-order valence-electron chi connectivity index (χ4n) is 2.69. The van der Waals surface area contributed by atoms with Gasteiger partial charge >= 0.3 is 0 Å². The monoisotopic (exact) mass is 403 g/mol. The van der Waals surface area contributed by atoms with E-state index in [1.165, 1.54) is 5.56 Å². The molecular formula is C24H25N3O3. The number of anilines is 1. The summed E-state index contributed by atoms with van der Waals surface area (Å²) in [5.41, 5.74) is 6.41. The lowest BCUT2D eigenvalue weighted by Gasteiger charge is -2.11. The van der Waals surface area contributed by atoms with Crippen molar-refractivity contribution in [2.45, 2.75) is 13.5 Å². The number of hydrazone groups is 1. The first-order valence-corrected chi connectivity index (χ1v) is 9.61. The lowest BCUT2D eigenvalue weighted by molar-refractivity contribution is -0.119. The standard InChI is InChI=1S/C24H25N3O3/c1-18-8-11-21(12-9-18)25-16-24(28)27-26-15-20-10-13-22(29-2)23(14-20)30-17-19-6-4-3-5-7-19/h3-15,25H,16-17H2,1-2H3,(H,27,28)/b26-15+. The van der Waals surface area contributed by atoms with Crippen molar-refractivity contribution in [1.82, 2.24) is 5.43 Å². The summed E-state index contributed by atoms with van der Waals surface area (Å²) in [5.74, 6) is 1.01. The molecule has 154 valence electrons. The number of hydrogen-bond donors (Lipinski definition) is 2. The molecule has 0 aliphatic rings. The fourth-order valence-corrected chi connectivity index (χ4v) is 2.69. The van der Waals surface area contributed by atoms with Crippen molar-refractivity contribution in [2.75, 3.05) is 19.0 Å². The Morgan fingerprint density at radius 1 is 1.00 bits per heavy atom. The van der Waals surface area contributed by atoms with Gasteiger partial charge < -0.3 is 14.8 Å². The van der Waals surface area contributed by atoms with Crippen LogP contribution in [-0.4, -0.2) is 25.8 Å². The molecule has 3 aromatic carbocycles. The van der Waals surface area contributed by atoms with Crippen LogP contribution in [0.25, 0.3) is 0 Å². The largest absolute Gasteiger partial charge is 0.493 e. The molecule has 0 aliphatic carbocycles. The number of nitrogens with one attached hydrogen (secondary N) is 2. The number of hydrogen-bond acceptors (Lipinski definition) is 5. The second kappa shape index (κ2) is 10.7. The van der Waals surface area contributed by atoms with E-state index < -0.39 is 0 Å². The Hall–Kier alpha value is -3.80. The number of carbonyl (C=O) groups excluding carboxylic acids is 1. The molecule has 0 saturated heterocycles. The van der Waals surface area contributed by atoms with Crippen LogP contribution in [0.15, 0.2) is 77.9 Å². The minimum Gasteiger partial charge on any atom is -0.493 e. The van der Waals surface area contributed by atoms with Gasteiger partial charge in [-0.15, -0.1) is 0 Å². The zero-order chi connectivity index (χ0) is 21.2. The third-order valence-electron chi connectivity index (χ3n) is 4.33. The summed E-state index contributed by atoms with van der Waals surface area (Å²) in [6.45, 7) is 2.58. The Morgan fingerprint density at radius 3 is 2.50 bits per heavy atom. The first-order valence-electron chi connectivity index (χ1n) is 9.61. The van der Waals surface area contributed by atoms with Crippen LogP contribution in [0.5, 0.6) is 11.5 Å². The molecule has 0 atom stereocenters. The molecule has 6 nitrogen and oxygen atoms in total. The van der Waals surface area contributed by atoms with Crippen molar-refractivity contribution in [3.8, 4) is 11.5 Å². The minimum absolute atomic E-state index is 0.133. The summed E-state index contributed by atoms with van der Waals surface area (Å²) < 4.78 is 11.3. The van der Waals surface area contributed by atoms with Crippen LogP contribution >= 0.6 is 0 Å². The molecular weight excluding hydrogens is 378 g/mol. The number of rotatable bonds is 9. The number of methoxy groups -OCH3 is 1. The Balaban J connectivity index is 1.54. The van der Waals surface area contributed by atoms with Gasteiger partial charge in [0.05, 0.1) is 19.9 Å². The van der Waals surface area contributed by atoms with E-state index in [4.69, 9.17) is 9.47 Å². The summed E-state index contributed by atoms with van der Waals surface area (Å²) in [5, 5.41) is 7.08. The molecule has 0 spiro atoms. The van der Waals surface area contributed by atoms with E-state index in [-0.39, 0.29) is 12.5 Å². The maximum Gasteiger partial charge on any atom is 0.259 e. The molecule has 0 heterocycles. The predicted octanol–water partition coefficient (Wildman–Crippen LogP) is 4.14. The molecule has 6 heteroatoms. The highest BCUT2D eigenvalue weighted by atomic mass is 16.5. The molecule has 0 saturated carbocycles. The summed E-state index contributed by atoms with van der Waals surface area (Å²) in [6.07, 6.45) is 1.57. The van der Waals surface area contributed by atoms with E-state index in [0.29, 0.717) is 18.1 Å². The molecule has 1 amide bonds. The molecule has 3 aromatic rings. The Bertz CT molecular complexity index is 986. The van der Waals surface area contributed by atoms with Crippen LogP contribution in [0.4, 0.5) is 5.69 Å². The van der Waals surface area contributed by atoms with Gasteiger partial charge in [0, 0.05) is 5.69 Å². The fraction of sp³-hybridized carbons (Fsp3) is 0.167. The first-order chi connectivity index (χ1) is 14.6. The average molecular weight is 403 g/mol. The summed E-state index contributed by atoms with van der Waals surface area (Å²) in [7, 11) is 1.60. The van der Waals surface area contributed by atoms with E-state index >= 15 is 0 Å². The van der Waals surface area contributed by atoms with Crippen molar-refractivity contribution >= 4 is 17.8 Å². The van der Waals surface area contributed by atoms with E-state index in [0.717, 1.165) is 16.8 Å². The SMILES string of the molecule is COc1ccc(/C=N/NC(=O)CNc2ccc(C)cc2)cc1OCc1ccccc1. The summed E-state index contributed by atoms with van der Waals surface area (Å²) in [6, 6.07) is 23.2. The lowest BCUT2D eigenvalue weighted by Crippen LogP contribution is -2.25. The van der Waals surface area contributed by atoms with Crippen LogP contribution in [0.2, 0.25) is 0 Å². The second-order valence-corrected chi connectivity index (χ2v) is 6.70. The van der Waals surface area contributed by atoms with Gasteiger partial charge in [-0.25, -0.2) is 5.43 Å². The molecule has 0 aromatic heterocycles. The van der Waals surface area contributed by atoms with E-state index in [9.17, 15) is 4.79 Å². The molecule has 0 bridgehead atoms. The summed E-state index contributed by atoms with van der Waals surface area (Å²) in [4.78, 5) is 12.0. The van der Waals surface area contributed by atoms with Crippen molar-refractivity contribution < 1.29 is 14.3 Å². The third-order valence-corrected chi connectivity index (χ3v) is 4.33. The molecule has 2 N–H and O–H groups in total. The maximum absolute atomic E-state index is 12.0. The van der Waals surface area contributed by atoms with Gasteiger partial charge in [0.25, 0.3) is 5.91 Å². The van der Waals surface area contributed by atoms with Gasteiger partial charge in [0.1, 0.15) is 6.61 Å². The van der Waals surface area contributed by atoms with Gasteiger partial charge in [-0.3, -0.25) is 4.79 Å². The van der Waals surface area contributed by atoms with Crippen LogP contribution in [0.1, 0.15) is 16.7 Å². The summed E-state index contributed by atoms with van der Waals surface area (Å²) >= 11 is 0. The number of nitrogens with zero attached hydrogens (tertiary/aromatic N) is 1. The quantitative estimate of drug-likeness (QED) is 0.416. The highest BCUT2D eigenvalue weighted by Crippen LogP contribution is 2.28. The number of aryl methyl sites for hydroxylation is 1. The van der Waals surface area contributed by atoms with Gasteiger partial charge in [-0.1, -0.05) is 48.0 Å². The molecule has 0 unspecified atom stereocenters. The van der Waals surface area contributed by atoms with E-state index in [1.807, 2.05) is 79.7 Å². The van der Waals surface area contributed by atoms with Crippen LogP contribution in [-0.2, 0) is 11.4 Å². The van der Waals surface area contributed by atoms with E-state index in [1.54, 1.807) is 13.3 Å². The zero-order valence-corrected chi connectivity index (χ0v) is 17.1. The highest BCUT2D eigenvalue weighted by molar-refractivity contribution is 5.84. The Kier molecular flexibility index (Phi) is 7.44. The molecule has 0 aliphatic heterocycles. The van der Waals surface area contributed by atoms with Crippen LogP contribution in [0, 0.1) is 6.92 Å². The predicted molar refractivity (Wildman–Crippen MR) is 119 cm³/mol. The smallest absolute Gasteiger partial charge is 0.259 e. The van der Waals surface area contributed by atoms with Crippen LogP contribution in [0.3, 0.4) is 0 Å². The number of ether oxygens (including phenoxy) is 2. The van der Waals surface area contributed by atoms with Crippen molar-refractivity contribution in [2.24, 2.45) is 5.10 Å². The van der Waals surface area contributed by atoms with Crippen molar-refractivity contribution in [3.63, 3.8) is 0 Å². The zero-order valence-electron chi connectivity index (χ0n) is 17.1. The third kappa shape index (κ3) is 6.38.